The van der Waals surface area contributed by atoms with Crippen LogP contribution in [0.5, 0.6) is 0 Å². The summed E-state index contributed by atoms with van der Waals surface area (Å²) in [5.41, 5.74) is 7.66. The molecule has 2 amide bonds. The number of likely N-dealkylation sites (tertiary alicyclic amines) is 1. The molecule has 1 heterocycles. The predicted molar refractivity (Wildman–Crippen MR) is 101 cm³/mol. The molecule has 0 unspecified atom stereocenters. The van der Waals surface area contributed by atoms with Crippen molar-refractivity contribution in [3.63, 3.8) is 0 Å². The standard InChI is InChI=1S/C21H24FN3O2/c22-18-8-4-5-15(9-18)10-20(26)24-12-21(27)25-13-17(11-23)19(14-25)16-6-2-1-3-7-16/h1-9,17,19H,10-14,23H2,(H,24,26)/t17-,19+/m1/s1. The number of hydrogen-bond acceptors (Lipinski definition) is 3. The van der Waals surface area contributed by atoms with E-state index in [-0.39, 0.29) is 42.4 Å². The van der Waals surface area contributed by atoms with Gasteiger partial charge in [-0.15, -0.1) is 0 Å². The zero-order valence-electron chi connectivity index (χ0n) is 15.1. The third-order valence-electron chi connectivity index (χ3n) is 5.01. The number of nitrogens with two attached hydrogens (primary N) is 1. The van der Waals surface area contributed by atoms with Gasteiger partial charge in [-0.25, -0.2) is 4.39 Å². The van der Waals surface area contributed by atoms with E-state index in [0.717, 1.165) is 0 Å². The Labute approximate surface area is 158 Å². The van der Waals surface area contributed by atoms with E-state index in [0.29, 0.717) is 25.2 Å². The van der Waals surface area contributed by atoms with Gasteiger partial charge in [0.2, 0.25) is 11.8 Å². The fraction of sp³-hybridized carbons (Fsp3) is 0.333. The first-order valence-electron chi connectivity index (χ1n) is 9.10. The number of halogens is 1. The molecule has 1 aliphatic rings. The van der Waals surface area contributed by atoms with Crippen LogP contribution in [0.4, 0.5) is 4.39 Å². The van der Waals surface area contributed by atoms with Crippen LogP contribution in [0.1, 0.15) is 17.0 Å². The number of benzene rings is 2. The summed E-state index contributed by atoms with van der Waals surface area (Å²) in [6.07, 6.45) is 0.0447. The van der Waals surface area contributed by atoms with E-state index in [9.17, 15) is 14.0 Å². The minimum atomic E-state index is -0.381. The van der Waals surface area contributed by atoms with Crippen LogP contribution in [0, 0.1) is 11.7 Å². The van der Waals surface area contributed by atoms with Crippen LogP contribution in [0.25, 0.3) is 0 Å². The molecule has 2 aromatic carbocycles. The number of nitrogens with one attached hydrogen (secondary N) is 1. The third kappa shape index (κ3) is 4.92. The molecule has 0 aliphatic carbocycles. The second-order valence-corrected chi connectivity index (χ2v) is 6.90. The molecule has 0 radical (unpaired) electrons. The predicted octanol–water partition coefficient (Wildman–Crippen LogP) is 1.69. The highest BCUT2D eigenvalue weighted by molar-refractivity contribution is 5.86. The van der Waals surface area contributed by atoms with Gasteiger partial charge in [-0.1, -0.05) is 42.5 Å². The van der Waals surface area contributed by atoms with E-state index >= 15 is 0 Å². The Kier molecular flexibility index (Phi) is 6.19. The lowest BCUT2D eigenvalue weighted by atomic mass is 9.89. The van der Waals surface area contributed by atoms with Crippen molar-refractivity contribution < 1.29 is 14.0 Å². The molecule has 2 aromatic rings. The molecular formula is C21H24FN3O2. The summed E-state index contributed by atoms with van der Waals surface area (Å²) in [6, 6.07) is 15.9. The van der Waals surface area contributed by atoms with Gasteiger partial charge >= 0.3 is 0 Å². The van der Waals surface area contributed by atoms with Crippen LogP contribution < -0.4 is 11.1 Å². The number of carbonyl (C=O) groups is 2. The van der Waals surface area contributed by atoms with E-state index in [2.05, 4.69) is 17.4 Å². The normalized spacial score (nSPS) is 19.1. The smallest absolute Gasteiger partial charge is 0.241 e. The monoisotopic (exact) mass is 369 g/mol. The second-order valence-electron chi connectivity index (χ2n) is 6.90. The maximum atomic E-state index is 13.2. The van der Waals surface area contributed by atoms with Gasteiger partial charge in [-0.05, 0) is 35.7 Å². The Balaban J connectivity index is 1.53. The lowest BCUT2D eigenvalue weighted by Gasteiger charge is -2.17. The van der Waals surface area contributed by atoms with Crippen molar-refractivity contribution >= 4 is 11.8 Å². The van der Waals surface area contributed by atoms with E-state index in [1.165, 1.54) is 17.7 Å². The minimum Gasteiger partial charge on any atom is -0.347 e. The number of amides is 2. The summed E-state index contributed by atoms with van der Waals surface area (Å²) >= 11 is 0. The zero-order valence-corrected chi connectivity index (χ0v) is 15.1. The molecule has 6 heteroatoms. The first-order valence-corrected chi connectivity index (χ1v) is 9.10. The lowest BCUT2D eigenvalue weighted by Crippen LogP contribution is -2.39. The number of nitrogens with zero attached hydrogens (tertiary/aromatic N) is 1. The molecule has 27 heavy (non-hydrogen) atoms. The van der Waals surface area contributed by atoms with Gasteiger partial charge < -0.3 is 16.0 Å². The molecule has 1 saturated heterocycles. The van der Waals surface area contributed by atoms with E-state index in [1.54, 1.807) is 17.0 Å². The fourth-order valence-corrected chi connectivity index (χ4v) is 3.57. The van der Waals surface area contributed by atoms with Crippen molar-refractivity contribution in [3.8, 4) is 0 Å². The molecule has 1 fully saturated rings. The van der Waals surface area contributed by atoms with E-state index in [4.69, 9.17) is 5.73 Å². The molecular weight excluding hydrogens is 345 g/mol. The Morgan fingerprint density at radius 3 is 2.59 bits per heavy atom. The molecule has 0 aromatic heterocycles. The first kappa shape index (κ1) is 19.0. The highest BCUT2D eigenvalue weighted by atomic mass is 19.1. The number of carbonyl (C=O) groups excluding carboxylic acids is 2. The molecule has 5 nitrogen and oxygen atoms in total. The van der Waals surface area contributed by atoms with Gasteiger partial charge in [-0.3, -0.25) is 9.59 Å². The largest absolute Gasteiger partial charge is 0.347 e. The minimum absolute atomic E-state index is 0.0447. The summed E-state index contributed by atoms with van der Waals surface area (Å²) < 4.78 is 13.2. The Hall–Kier alpha value is -2.73. The van der Waals surface area contributed by atoms with Gasteiger partial charge in [0.05, 0.1) is 13.0 Å². The summed E-state index contributed by atoms with van der Waals surface area (Å²) in [4.78, 5) is 26.3. The quantitative estimate of drug-likeness (QED) is 0.814. The summed E-state index contributed by atoms with van der Waals surface area (Å²) in [7, 11) is 0. The topological polar surface area (TPSA) is 75.4 Å². The number of hydrogen-bond donors (Lipinski definition) is 2. The van der Waals surface area contributed by atoms with Crippen molar-refractivity contribution in [1.29, 1.82) is 0 Å². The molecule has 0 spiro atoms. The summed E-state index contributed by atoms with van der Waals surface area (Å²) in [5.74, 6) is -0.390. The molecule has 0 saturated carbocycles. The summed E-state index contributed by atoms with van der Waals surface area (Å²) in [6.45, 7) is 1.64. The summed E-state index contributed by atoms with van der Waals surface area (Å²) in [5, 5.41) is 2.63. The van der Waals surface area contributed by atoms with E-state index in [1.807, 2.05) is 18.2 Å². The molecule has 142 valence electrons. The Morgan fingerprint density at radius 1 is 1.11 bits per heavy atom. The zero-order chi connectivity index (χ0) is 19.2. The maximum absolute atomic E-state index is 13.2. The van der Waals surface area contributed by atoms with Crippen LogP contribution in [-0.2, 0) is 16.0 Å². The van der Waals surface area contributed by atoms with Crippen molar-refractivity contribution in [2.75, 3.05) is 26.2 Å². The van der Waals surface area contributed by atoms with Gasteiger partial charge in [0.25, 0.3) is 0 Å². The molecule has 2 atom stereocenters. The Morgan fingerprint density at radius 2 is 1.89 bits per heavy atom. The van der Waals surface area contributed by atoms with Crippen molar-refractivity contribution in [2.45, 2.75) is 12.3 Å². The second kappa shape index (κ2) is 8.77. The Bertz CT molecular complexity index is 797. The molecule has 3 N–H and O–H groups in total. The fourth-order valence-electron chi connectivity index (χ4n) is 3.57. The highest BCUT2D eigenvalue weighted by Gasteiger charge is 2.35. The molecule has 0 bridgehead atoms. The van der Waals surface area contributed by atoms with Crippen LogP contribution >= 0.6 is 0 Å². The van der Waals surface area contributed by atoms with Crippen molar-refractivity contribution in [2.24, 2.45) is 11.7 Å². The van der Waals surface area contributed by atoms with E-state index < -0.39 is 0 Å². The third-order valence-corrected chi connectivity index (χ3v) is 5.01. The highest BCUT2D eigenvalue weighted by Crippen LogP contribution is 2.31. The molecule has 1 aliphatic heterocycles. The maximum Gasteiger partial charge on any atom is 0.241 e. The van der Waals surface area contributed by atoms with Crippen molar-refractivity contribution in [3.05, 3.63) is 71.5 Å². The average molecular weight is 369 g/mol. The van der Waals surface area contributed by atoms with Crippen LogP contribution in [0.2, 0.25) is 0 Å². The van der Waals surface area contributed by atoms with Gasteiger partial charge in [-0.2, -0.15) is 0 Å². The molecule has 3 rings (SSSR count). The average Bonchev–Trinajstić information content (AvgIpc) is 3.11. The van der Waals surface area contributed by atoms with Gasteiger partial charge in [0.1, 0.15) is 5.82 Å². The van der Waals surface area contributed by atoms with Gasteiger partial charge in [0, 0.05) is 19.0 Å². The van der Waals surface area contributed by atoms with Crippen molar-refractivity contribution in [1.82, 2.24) is 10.2 Å². The SMILES string of the molecule is NC[C@@H]1CN(C(=O)CNC(=O)Cc2cccc(F)c2)C[C@H]1c1ccccc1. The number of rotatable bonds is 6. The van der Waals surface area contributed by atoms with Crippen LogP contribution in [0.3, 0.4) is 0 Å². The van der Waals surface area contributed by atoms with Crippen LogP contribution in [-0.4, -0.2) is 42.9 Å². The van der Waals surface area contributed by atoms with Gasteiger partial charge in [0.15, 0.2) is 0 Å². The lowest BCUT2D eigenvalue weighted by molar-refractivity contribution is -0.132. The van der Waals surface area contributed by atoms with Crippen LogP contribution in [0.15, 0.2) is 54.6 Å². The first-order chi connectivity index (χ1) is 13.1.